The van der Waals surface area contributed by atoms with Gasteiger partial charge in [0.05, 0.1) is 5.56 Å². The molecule has 5 nitrogen and oxygen atoms in total. The number of nitrogens with zero attached hydrogens (tertiary/aromatic N) is 1. The molecule has 0 aliphatic heterocycles. The molecule has 0 saturated heterocycles. The zero-order chi connectivity index (χ0) is 12.3. The number of aromatic nitrogens is 1. The van der Waals surface area contributed by atoms with Gasteiger partial charge in [-0.1, -0.05) is 6.07 Å². The third-order valence-corrected chi connectivity index (χ3v) is 2.06. The van der Waals surface area contributed by atoms with Crippen molar-refractivity contribution in [3.8, 4) is 17.4 Å². The molecule has 5 heteroatoms. The maximum absolute atomic E-state index is 10.8. The fourth-order valence-electron chi connectivity index (χ4n) is 1.25. The highest BCUT2D eigenvalue weighted by Gasteiger charge is 2.03. The van der Waals surface area contributed by atoms with Gasteiger partial charge >= 0.3 is 0 Å². The summed E-state index contributed by atoms with van der Waals surface area (Å²) in [5.74, 6) is 0.350. The van der Waals surface area contributed by atoms with Gasteiger partial charge < -0.3 is 15.6 Å². The minimum atomic E-state index is -0.540. The third kappa shape index (κ3) is 2.72. The van der Waals surface area contributed by atoms with Gasteiger partial charge in [0.15, 0.2) is 0 Å². The van der Waals surface area contributed by atoms with Crippen LogP contribution in [-0.4, -0.2) is 16.0 Å². The van der Waals surface area contributed by atoms with Gasteiger partial charge in [0, 0.05) is 18.3 Å². The molecule has 86 valence electrons. The summed E-state index contributed by atoms with van der Waals surface area (Å²) in [5.41, 5.74) is 5.40. The van der Waals surface area contributed by atoms with Gasteiger partial charge in [-0.25, -0.2) is 4.98 Å². The van der Waals surface area contributed by atoms with Crippen molar-refractivity contribution in [3.05, 3.63) is 48.2 Å². The van der Waals surface area contributed by atoms with Crippen molar-refractivity contribution in [2.45, 2.75) is 0 Å². The molecule has 0 spiro atoms. The molecule has 0 unspecified atom stereocenters. The highest BCUT2D eigenvalue weighted by Crippen LogP contribution is 2.22. The fraction of sp³-hybridized carbons (Fsp3) is 0. The summed E-state index contributed by atoms with van der Waals surface area (Å²) >= 11 is 0. The second-order valence-electron chi connectivity index (χ2n) is 3.35. The van der Waals surface area contributed by atoms with E-state index in [0.717, 1.165) is 0 Å². The lowest BCUT2D eigenvalue weighted by atomic mass is 10.3. The Bertz CT molecular complexity index is 538. The Morgan fingerprint density at radius 2 is 2.12 bits per heavy atom. The van der Waals surface area contributed by atoms with Crippen molar-refractivity contribution in [3.63, 3.8) is 0 Å². The van der Waals surface area contributed by atoms with Crippen LogP contribution in [0.4, 0.5) is 0 Å². The highest BCUT2D eigenvalue weighted by molar-refractivity contribution is 5.92. The summed E-state index contributed by atoms with van der Waals surface area (Å²) in [6.07, 6.45) is 1.33. The first kappa shape index (κ1) is 10.9. The highest BCUT2D eigenvalue weighted by atomic mass is 16.5. The van der Waals surface area contributed by atoms with Crippen molar-refractivity contribution in [2.75, 3.05) is 0 Å². The first-order valence-corrected chi connectivity index (χ1v) is 4.88. The topological polar surface area (TPSA) is 85.4 Å². The Morgan fingerprint density at radius 3 is 2.71 bits per heavy atom. The van der Waals surface area contributed by atoms with Crippen LogP contribution in [0.25, 0.3) is 0 Å². The molecule has 0 aliphatic carbocycles. The van der Waals surface area contributed by atoms with Crippen LogP contribution in [-0.2, 0) is 0 Å². The molecular formula is C12H10N2O3. The van der Waals surface area contributed by atoms with E-state index in [9.17, 15) is 9.90 Å². The van der Waals surface area contributed by atoms with Crippen LogP contribution in [0, 0.1) is 0 Å². The summed E-state index contributed by atoms with van der Waals surface area (Å²) in [4.78, 5) is 14.7. The predicted molar refractivity (Wildman–Crippen MR) is 60.9 cm³/mol. The van der Waals surface area contributed by atoms with Crippen molar-refractivity contribution >= 4 is 5.91 Å². The number of nitrogens with two attached hydrogens (primary N) is 1. The van der Waals surface area contributed by atoms with Crippen molar-refractivity contribution < 1.29 is 14.6 Å². The zero-order valence-electron chi connectivity index (χ0n) is 8.83. The number of hydrogen-bond donors (Lipinski definition) is 2. The van der Waals surface area contributed by atoms with Gasteiger partial charge in [0.1, 0.15) is 11.5 Å². The first-order valence-electron chi connectivity index (χ1n) is 4.88. The van der Waals surface area contributed by atoms with Gasteiger partial charge in [-0.15, -0.1) is 0 Å². The van der Waals surface area contributed by atoms with E-state index in [1.807, 2.05) is 0 Å². The molecule has 17 heavy (non-hydrogen) atoms. The normalized spacial score (nSPS) is 9.88. The summed E-state index contributed by atoms with van der Waals surface area (Å²) in [6, 6.07) is 9.39. The van der Waals surface area contributed by atoms with Crippen molar-refractivity contribution in [2.24, 2.45) is 5.73 Å². The van der Waals surface area contributed by atoms with Crippen LogP contribution >= 0.6 is 0 Å². The van der Waals surface area contributed by atoms with Crippen LogP contribution in [0.5, 0.6) is 17.4 Å². The first-order chi connectivity index (χ1) is 8.15. The lowest BCUT2D eigenvalue weighted by molar-refractivity contribution is 0.1000. The zero-order valence-corrected chi connectivity index (χ0v) is 8.83. The number of phenols is 1. The molecule has 0 aliphatic rings. The quantitative estimate of drug-likeness (QED) is 0.839. The van der Waals surface area contributed by atoms with Crippen LogP contribution in [0.15, 0.2) is 42.6 Å². The number of pyridine rings is 1. The van der Waals surface area contributed by atoms with E-state index in [-0.39, 0.29) is 5.75 Å². The van der Waals surface area contributed by atoms with Gasteiger partial charge in [-0.05, 0) is 18.2 Å². The van der Waals surface area contributed by atoms with Crippen LogP contribution < -0.4 is 10.5 Å². The lowest BCUT2D eigenvalue weighted by Crippen LogP contribution is -2.10. The van der Waals surface area contributed by atoms with E-state index in [0.29, 0.717) is 17.2 Å². The van der Waals surface area contributed by atoms with Gasteiger partial charge in [0.2, 0.25) is 11.8 Å². The van der Waals surface area contributed by atoms with Gasteiger partial charge in [-0.2, -0.15) is 0 Å². The minimum absolute atomic E-state index is 0.108. The molecule has 1 aromatic carbocycles. The molecule has 3 N–H and O–H groups in total. The lowest BCUT2D eigenvalue weighted by Gasteiger charge is -2.04. The largest absolute Gasteiger partial charge is 0.508 e. The van der Waals surface area contributed by atoms with Crippen LogP contribution in [0.3, 0.4) is 0 Å². The SMILES string of the molecule is NC(=O)c1ccc(Oc2cccc(O)c2)nc1. The maximum Gasteiger partial charge on any atom is 0.250 e. The number of carbonyl (C=O) groups is 1. The molecule has 0 saturated carbocycles. The third-order valence-electron chi connectivity index (χ3n) is 2.06. The Kier molecular flexibility index (Phi) is 2.91. The molecule has 0 fully saturated rings. The van der Waals surface area contributed by atoms with E-state index in [2.05, 4.69) is 4.98 Å². The molecule has 0 bridgehead atoms. The molecule has 1 amide bonds. The fourth-order valence-corrected chi connectivity index (χ4v) is 1.25. The number of rotatable bonds is 3. The molecule has 2 aromatic rings. The predicted octanol–water partition coefficient (Wildman–Crippen LogP) is 1.68. The average molecular weight is 230 g/mol. The van der Waals surface area contributed by atoms with Crippen LogP contribution in [0.2, 0.25) is 0 Å². The standard InChI is InChI=1S/C12H10N2O3/c13-12(16)8-4-5-11(14-7-8)17-10-3-1-2-9(15)6-10/h1-7,15H,(H2,13,16). The van der Waals surface area contributed by atoms with E-state index in [4.69, 9.17) is 10.5 Å². The summed E-state index contributed by atoms with van der Waals surface area (Å²) in [6.45, 7) is 0. The summed E-state index contributed by atoms with van der Waals surface area (Å²) in [7, 11) is 0. The number of primary amides is 1. The molecule has 1 aromatic heterocycles. The van der Waals surface area contributed by atoms with E-state index >= 15 is 0 Å². The second kappa shape index (κ2) is 4.52. The Labute approximate surface area is 97.5 Å². The Morgan fingerprint density at radius 1 is 1.29 bits per heavy atom. The Hall–Kier alpha value is -2.56. The number of hydrogen-bond acceptors (Lipinski definition) is 4. The smallest absolute Gasteiger partial charge is 0.250 e. The number of aromatic hydroxyl groups is 1. The summed E-state index contributed by atoms with van der Waals surface area (Å²) in [5, 5.41) is 9.25. The Balaban J connectivity index is 2.16. The van der Waals surface area contributed by atoms with Crippen LogP contribution in [0.1, 0.15) is 10.4 Å². The number of phenolic OH excluding ortho intramolecular Hbond substituents is 1. The van der Waals surface area contributed by atoms with Gasteiger partial charge in [-0.3, -0.25) is 4.79 Å². The van der Waals surface area contributed by atoms with E-state index in [1.54, 1.807) is 12.1 Å². The molecular weight excluding hydrogens is 220 g/mol. The monoisotopic (exact) mass is 230 g/mol. The number of ether oxygens (including phenoxy) is 1. The van der Waals surface area contributed by atoms with Crippen molar-refractivity contribution in [1.82, 2.24) is 4.98 Å². The maximum atomic E-state index is 10.8. The van der Waals surface area contributed by atoms with Crippen molar-refractivity contribution in [1.29, 1.82) is 0 Å². The minimum Gasteiger partial charge on any atom is -0.508 e. The average Bonchev–Trinajstić information content (AvgIpc) is 2.29. The molecule has 0 radical (unpaired) electrons. The van der Waals surface area contributed by atoms with E-state index < -0.39 is 5.91 Å². The number of benzene rings is 1. The summed E-state index contributed by atoms with van der Waals surface area (Å²) < 4.78 is 5.37. The molecule has 0 atom stereocenters. The van der Waals surface area contributed by atoms with E-state index in [1.165, 1.54) is 30.5 Å². The molecule has 2 rings (SSSR count). The number of carbonyl (C=O) groups excluding carboxylic acids is 1. The number of amides is 1. The molecule has 1 heterocycles. The second-order valence-corrected chi connectivity index (χ2v) is 3.35. The van der Waals surface area contributed by atoms with Gasteiger partial charge in [0.25, 0.3) is 0 Å².